The minimum atomic E-state index is -0.0912. The Morgan fingerprint density at radius 2 is 1.80 bits per heavy atom. The number of para-hydroxylation sites is 1. The van der Waals surface area contributed by atoms with Gasteiger partial charge in [0, 0.05) is 67.1 Å². The van der Waals surface area contributed by atoms with Crippen molar-refractivity contribution in [2.45, 2.75) is 49.5 Å². The number of benzene rings is 1. The first-order chi connectivity index (χ1) is 17.3. The van der Waals surface area contributed by atoms with E-state index in [-0.39, 0.29) is 5.91 Å². The van der Waals surface area contributed by atoms with E-state index in [1.807, 2.05) is 36.0 Å². The quantitative estimate of drug-likeness (QED) is 0.432. The largest absolute Gasteiger partial charge is 0.451 e. The molecular weight excluding hydrogens is 458 g/mol. The molecule has 1 aromatic carbocycles. The summed E-state index contributed by atoms with van der Waals surface area (Å²) in [7, 11) is 0. The number of anilines is 1. The molecule has 7 nitrogen and oxygen atoms in total. The van der Waals surface area contributed by atoms with Crippen LogP contribution in [0.2, 0.25) is 0 Å². The molecule has 3 heterocycles. The highest BCUT2D eigenvalue weighted by Gasteiger charge is 2.23. The molecule has 0 unspecified atom stereocenters. The highest BCUT2D eigenvalue weighted by molar-refractivity contribution is 7.99. The number of nitrogens with one attached hydrogen (secondary N) is 1. The molecule has 1 N–H and O–H groups in total. The molecule has 0 spiro atoms. The number of piperazine rings is 1. The standard InChI is InChI=1S/C27H35N5O2S/c33-26(28-14-7-15-31-16-18-32(19-17-31)27-29-12-6-13-30-27)25-23(20-35-21-8-2-1-3-9-21)22-10-4-5-11-24(22)34-25/h4-6,10-13,21H,1-3,7-9,14-20H2,(H,28,33). The minimum absolute atomic E-state index is 0.0912. The first kappa shape index (κ1) is 24.1. The number of carbonyl (C=O) groups is 1. The molecule has 5 rings (SSSR count). The first-order valence-electron chi connectivity index (χ1n) is 12.9. The summed E-state index contributed by atoms with van der Waals surface area (Å²) in [5.41, 5.74) is 1.85. The molecule has 35 heavy (non-hydrogen) atoms. The van der Waals surface area contributed by atoms with Crippen molar-refractivity contribution in [2.75, 3.05) is 44.2 Å². The fourth-order valence-corrected chi connectivity index (χ4v) is 6.42. The lowest BCUT2D eigenvalue weighted by molar-refractivity contribution is 0.0925. The molecule has 8 heteroatoms. The maximum Gasteiger partial charge on any atom is 0.287 e. The van der Waals surface area contributed by atoms with Crippen LogP contribution < -0.4 is 10.2 Å². The molecule has 0 atom stereocenters. The van der Waals surface area contributed by atoms with Crippen molar-refractivity contribution in [1.29, 1.82) is 0 Å². The smallest absolute Gasteiger partial charge is 0.287 e. The van der Waals surface area contributed by atoms with E-state index in [9.17, 15) is 4.79 Å². The summed E-state index contributed by atoms with van der Waals surface area (Å²) in [6, 6.07) is 9.87. The second-order valence-corrected chi connectivity index (χ2v) is 10.8. The average Bonchev–Trinajstić information content (AvgIpc) is 3.30. The van der Waals surface area contributed by atoms with Crippen LogP contribution in [0.15, 0.2) is 47.1 Å². The molecule has 0 bridgehead atoms. The average molecular weight is 494 g/mol. The Hall–Kier alpha value is -2.58. The lowest BCUT2D eigenvalue weighted by Crippen LogP contribution is -2.47. The van der Waals surface area contributed by atoms with Gasteiger partial charge in [-0.2, -0.15) is 11.8 Å². The van der Waals surface area contributed by atoms with Crippen molar-refractivity contribution in [2.24, 2.45) is 0 Å². The molecule has 0 radical (unpaired) electrons. The van der Waals surface area contributed by atoms with Gasteiger partial charge in [-0.1, -0.05) is 37.5 Å². The highest BCUT2D eigenvalue weighted by Crippen LogP contribution is 2.35. The number of furan rings is 1. The molecule has 3 aromatic rings. The predicted molar refractivity (Wildman–Crippen MR) is 142 cm³/mol. The van der Waals surface area contributed by atoms with Gasteiger partial charge in [0.1, 0.15) is 5.58 Å². The number of carbonyl (C=O) groups excluding carboxylic acids is 1. The van der Waals surface area contributed by atoms with Crippen LogP contribution in [0.5, 0.6) is 0 Å². The Bertz CT molecular complexity index is 1090. The van der Waals surface area contributed by atoms with E-state index < -0.39 is 0 Å². The predicted octanol–water partition coefficient (Wildman–Crippen LogP) is 4.73. The van der Waals surface area contributed by atoms with E-state index in [0.717, 1.165) is 67.4 Å². The zero-order valence-corrected chi connectivity index (χ0v) is 21.1. The third kappa shape index (κ3) is 6.16. The lowest BCUT2D eigenvalue weighted by Gasteiger charge is -2.34. The third-order valence-corrected chi connectivity index (χ3v) is 8.46. The fourth-order valence-electron chi connectivity index (χ4n) is 5.07. The molecular formula is C27H35N5O2S. The fraction of sp³-hybridized carbons (Fsp3) is 0.519. The number of nitrogens with zero attached hydrogens (tertiary/aromatic N) is 4. The number of fused-ring (bicyclic) bond motifs is 1. The molecule has 2 fully saturated rings. The van der Waals surface area contributed by atoms with Crippen LogP contribution in [0.25, 0.3) is 11.0 Å². The van der Waals surface area contributed by atoms with Crippen molar-refractivity contribution >= 4 is 34.6 Å². The molecule has 1 aliphatic carbocycles. The van der Waals surface area contributed by atoms with Crippen molar-refractivity contribution in [3.8, 4) is 0 Å². The van der Waals surface area contributed by atoms with Gasteiger partial charge in [0.2, 0.25) is 5.95 Å². The number of hydrogen-bond acceptors (Lipinski definition) is 7. The number of thioether (sulfide) groups is 1. The summed E-state index contributed by atoms with van der Waals surface area (Å²) < 4.78 is 6.05. The number of rotatable bonds is 9. The lowest BCUT2D eigenvalue weighted by atomic mass is 10.0. The van der Waals surface area contributed by atoms with E-state index >= 15 is 0 Å². The molecule has 2 aromatic heterocycles. The first-order valence-corrected chi connectivity index (χ1v) is 14.0. The summed E-state index contributed by atoms with van der Waals surface area (Å²) >= 11 is 1.99. The monoisotopic (exact) mass is 493 g/mol. The summed E-state index contributed by atoms with van der Waals surface area (Å²) in [6.07, 6.45) is 11.1. The van der Waals surface area contributed by atoms with Crippen molar-refractivity contribution in [3.63, 3.8) is 0 Å². The molecule has 186 valence electrons. The van der Waals surface area contributed by atoms with E-state index in [1.54, 1.807) is 12.4 Å². The number of hydrogen-bond donors (Lipinski definition) is 1. The van der Waals surface area contributed by atoms with Gasteiger partial charge >= 0.3 is 0 Å². The van der Waals surface area contributed by atoms with Gasteiger partial charge in [0.05, 0.1) is 0 Å². The van der Waals surface area contributed by atoms with Crippen LogP contribution in [0.1, 0.15) is 54.6 Å². The molecule has 2 aliphatic rings. The summed E-state index contributed by atoms with van der Waals surface area (Å²) in [6.45, 7) is 5.44. The van der Waals surface area contributed by atoms with Crippen molar-refractivity contribution < 1.29 is 9.21 Å². The SMILES string of the molecule is O=C(NCCCN1CCN(c2ncccn2)CC1)c1oc2ccccc2c1CSC1CCCCC1. The second-order valence-electron chi connectivity index (χ2n) is 9.46. The zero-order valence-electron chi connectivity index (χ0n) is 20.3. The van der Waals surface area contributed by atoms with Crippen LogP contribution in [-0.2, 0) is 5.75 Å². The van der Waals surface area contributed by atoms with E-state index in [2.05, 4.69) is 31.2 Å². The molecule has 1 aliphatic heterocycles. The summed E-state index contributed by atoms with van der Waals surface area (Å²) in [5, 5.41) is 4.88. The Morgan fingerprint density at radius 3 is 2.60 bits per heavy atom. The Labute approximate surface area is 211 Å². The van der Waals surface area contributed by atoms with E-state index in [1.165, 1.54) is 32.1 Å². The second kappa shape index (κ2) is 11.9. The summed E-state index contributed by atoms with van der Waals surface area (Å²) in [5.74, 6) is 2.04. The van der Waals surface area contributed by atoms with Gasteiger partial charge in [-0.05, 0) is 37.9 Å². The molecule has 1 saturated heterocycles. The van der Waals surface area contributed by atoms with Crippen molar-refractivity contribution in [1.82, 2.24) is 20.2 Å². The van der Waals surface area contributed by atoms with E-state index in [0.29, 0.717) is 17.6 Å². The van der Waals surface area contributed by atoms with Crippen LogP contribution in [0, 0.1) is 0 Å². The molecule has 1 saturated carbocycles. The Balaban J connectivity index is 1.11. The Morgan fingerprint density at radius 1 is 1.03 bits per heavy atom. The normalized spacial score (nSPS) is 17.7. The van der Waals surface area contributed by atoms with Gasteiger partial charge in [0.15, 0.2) is 5.76 Å². The van der Waals surface area contributed by atoms with Crippen molar-refractivity contribution in [3.05, 3.63) is 54.0 Å². The van der Waals surface area contributed by atoms with Crippen LogP contribution in [-0.4, -0.2) is 65.3 Å². The van der Waals surface area contributed by atoms with Crippen LogP contribution >= 0.6 is 11.8 Å². The number of aromatic nitrogens is 2. The van der Waals surface area contributed by atoms with Gasteiger partial charge in [-0.25, -0.2) is 9.97 Å². The zero-order chi connectivity index (χ0) is 23.9. The number of amides is 1. The summed E-state index contributed by atoms with van der Waals surface area (Å²) in [4.78, 5) is 26.5. The highest BCUT2D eigenvalue weighted by atomic mass is 32.2. The maximum atomic E-state index is 13.1. The minimum Gasteiger partial charge on any atom is -0.451 e. The van der Waals surface area contributed by atoms with Gasteiger partial charge in [-0.15, -0.1) is 0 Å². The van der Waals surface area contributed by atoms with Crippen LogP contribution in [0.3, 0.4) is 0 Å². The van der Waals surface area contributed by atoms with Gasteiger partial charge in [-0.3, -0.25) is 9.69 Å². The van der Waals surface area contributed by atoms with Gasteiger partial charge < -0.3 is 14.6 Å². The topological polar surface area (TPSA) is 74.5 Å². The molecule has 1 amide bonds. The third-order valence-electron chi connectivity index (χ3n) is 7.06. The Kier molecular flexibility index (Phi) is 8.21. The van der Waals surface area contributed by atoms with Gasteiger partial charge in [0.25, 0.3) is 5.91 Å². The van der Waals surface area contributed by atoms with E-state index in [4.69, 9.17) is 4.42 Å². The maximum absolute atomic E-state index is 13.1. The van der Waals surface area contributed by atoms with Crippen LogP contribution in [0.4, 0.5) is 5.95 Å².